The number of nitrogens with zero attached hydrogens (tertiary/aromatic N) is 2. The van der Waals surface area contributed by atoms with Crippen LogP contribution in [-0.2, 0) is 6.42 Å². The predicted octanol–water partition coefficient (Wildman–Crippen LogP) is 2.10. The molecule has 9 N–H and O–H groups in total. The van der Waals surface area contributed by atoms with Gasteiger partial charge in [0.2, 0.25) is 6.35 Å². The zero-order valence-electron chi connectivity index (χ0n) is 22.8. The fraction of sp³-hybridized carbons (Fsp3) is 0.357. The van der Waals surface area contributed by atoms with Gasteiger partial charge in [0.1, 0.15) is 5.49 Å². The second-order valence-electron chi connectivity index (χ2n) is 10.1. The Hall–Kier alpha value is -4.14. The first-order valence-electron chi connectivity index (χ1n) is 13.2. The first-order valence-corrected chi connectivity index (χ1v) is 13.2. The number of hydrogen-bond acceptors (Lipinski definition) is 7. The van der Waals surface area contributed by atoms with E-state index in [4.69, 9.17) is 16.9 Å². The molecule has 1 aromatic heterocycles. The van der Waals surface area contributed by atoms with Crippen LogP contribution in [0.25, 0.3) is 17.5 Å². The number of alkyl halides is 3. The minimum atomic E-state index is -5.08. The molecule has 0 bridgehead atoms. The monoisotopic (exact) mass is 591 g/mol. The zero-order valence-corrected chi connectivity index (χ0v) is 22.8. The van der Waals surface area contributed by atoms with Crippen LogP contribution < -0.4 is 37.1 Å². The fourth-order valence-corrected chi connectivity index (χ4v) is 4.67. The van der Waals surface area contributed by atoms with Crippen LogP contribution in [0.2, 0.25) is 0 Å². The van der Waals surface area contributed by atoms with Crippen molar-refractivity contribution in [3.05, 3.63) is 70.1 Å². The molecule has 2 heterocycles. The van der Waals surface area contributed by atoms with Crippen LogP contribution in [0.5, 0.6) is 5.75 Å². The Morgan fingerprint density at radius 1 is 1.24 bits per heavy atom. The molecular formula is C28H33F4N7O3. The molecule has 2 aromatic carbocycles. The lowest BCUT2D eigenvalue weighted by molar-refractivity contribution is -0.275. The van der Waals surface area contributed by atoms with Gasteiger partial charge in [-0.1, -0.05) is 12.1 Å². The standard InChI is InChI=1S/C28H33F4N7O3/c1-15(33)3-2-4-16-9-21(24(29)23(10-16)42-28(30,31)32)22-11-18-13-39(27(41)38-25(18)37-22)20-7-5-17(6-8-20)19(14-40)12-36-26(34)35/h5-11,13,15,19,27,40-41H,2-4,12,14,33H2,1H3,(H,37,38)(H4,34,35,36)/t15-,19?,27?/m0/s1. The molecule has 0 aliphatic carbocycles. The number of guanidine groups is 1. The van der Waals surface area contributed by atoms with Crippen LogP contribution in [0.4, 0.5) is 23.2 Å². The number of aliphatic hydroxyl groups is 2. The van der Waals surface area contributed by atoms with E-state index in [0.717, 1.165) is 11.6 Å². The molecule has 4 rings (SSSR count). The van der Waals surface area contributed by atoms with E-state index >= 15 is 4.39 Å². The number of anilines is 1. The van der Waals surface area contributed by atoms with Crippen molar-refractivity contribution in [1.82, 2.24) is 10.3 Å². The van der Waals surface area contributed by atoms with Crippen molar-refractivity contribution >= 4 is 17.8 Å². The lowest BCUT2D eigenvalue weighted by Crippen LogP contribution is -2.41. The van der Waals surface area contributed by atoms with Crippen molar-refractivity contribution < 1.29 is 32.5 Å². The van der Waals surface area contributed by atoms with Crippen LogP contribution in [0.3, 0.4) is 0 Å². The second kappa shape index (κ2) is 12.8. The lowest BCUT2D eigenvalue weighted by atomic mass is 9.99. The number of fused-ring (bicyclic) bond motifs is 1. The van der Waals surface area contributed by atoms with Crippen LogP contribution in [0.1, 0.15) is 36.8 Å². The molecule has 2 unspecified atom stereocenters. The van der Waals surface area contributed by atoms with Crippen molar-refractivity contribution in [2.24, 2.45) is 16.5 Å². The van der Waals surface area contributed by atoms with Gasteiger partial charge in [-0.15, -0.1) is 13.2 Å². The molecule has 14 heteroatoms. The van der Waals surface area contributed by atoms with Crippen molar-refractivity contribution in [3.8, 4) is 17.0 Å². The first-order chi connectivity index (χ1) is 19.8. The number of rotatable bonds is 11. The van der Waals surface area contributed by atoms with Crippen molar-refractivity contribution in [1.29, 1.82) is 5.41 Å². The minimum Gasteiger partial charge on any atom is -0.403 e. The van der Waals surface area contributed by atoms with Gasteiger partial charge in [-0.05, 0) is 67.6 Å². The van der Waals surface area contributed by atoms with Gasteiger partial charge in [-0.3, -0.25) is 5.41 Å². The average Bonchev–Trinajstić information content (AvgIpc) is 3.32. The van der Waals surface area contributed by atoms with E-state index in [-0.39, 0.29) is 47.8 Å². The third-order valence-corrected chi connectivity index (χ3v) is 6.76. The number of aromatic amines is 1. The molecule has 1 aliphatic heterocycles. The number of nitrogens with one attached hydrogen (secondary N) is 3. The van der Waals surface area contributed by atoms with Crippen LogP contribution in [0.15, 0.2) is 47.5 Å². The predicted molar refractivity (Wildman–Crippen MR) is 149 cm³/mol. The third kappa shape index (κ3) is 7.57. The second-order valence-corrected chi connectivity index (χ2v) is 10.1. The van der Waals surface area contributed by atoms with Gasteiger partial charge < -0.3 is 41.6 Å². The highest BCUT2D eigenvalue weighted by atomic mass is 19.4. The van der Waals surface area contributed by atoms with Gasteiger partial charge in [-0.2, -0.15) is 0 Å². The Bertz CT molecular complexity index is 1520. The van der Waals surface area contributed by atoms with Gasteiger partial charge in [0.05, 0.1) is 12.3 Å². The summed E-state index contributed by atoms with van der Waals surface area (Å²) in [5, 5.41) is 30.9. The third-order valence-electron chi connectivity index (χ3n) is 6.76. The summed E-state index contributed by atoms with van der Waals surface area (Å²) in [5.74, 6) is -2.66. The Morgan fingerprint density at radius 2 is 1.95 bits per heavy atom. The Kier molecular flexibility index (Phi) is 9.39. The molecule has 0 saturated heterocycles. The molecule has 226 valence electrons. The van der Waals surface area contributed by atoms with Crippen molar-refractivity contribution in [3.63, 3.8) is 0 Å². The number of benzene rings is 2. The molecule has 0 spiro atoms. The van der Waals surface area contributed by atoms with E-state index in [1.807, 2.05) is 6.92 Å². The Balaban J connectivity index is 1.66. The molecule has 0 amide bonds. The maximum atomic E-state index is 15.3. The summed E-state index contributed by atoms with van der Waals surface area (Å²) in [4.78, 5) is 8.59. The van der Waals surface area contributed by atoms with E-state index in [2.05, 4.69) is 20.0 Å². The molecule has 3 aromatic rings. The first kappa shape index (κ1) is 30.8. The summed E-state index contributed by atoms with van der Waals surface area (Å²) in [6, 6.07) is 10.9. The van der Waals surface area contributed by atoms with Gasteiger partial charge in [0.25, 0.3) is 0 Å². The summed E-state index contributed by atoms with van der Waals surface area (Å²) in [6.07, 6.45) is -3.25. The molecule has 0 fully saturated rings. The van der Waals surface area contributed by atoms with Crippen molar-refractivity contribution in [2.75, 3.05) is 18.1 Å². The highest BCUT2D eigenvalue weighted by molar-refractivity contribution is 5.74. The summed E-state index contributed by atoms with van der Waals surface area (Å²) in [7, 11) is 0. The van der Waals surface area contributed by atoms with E-state index in [1.54, 1.807) is 30.5 Å². The van der Waals surface area contributed by atoms with Gasteiger partial charge in [0.15, 0.2) is 17.5 Å². The molecule has 0 saturated carbocycles. The summed E-state index contributed by atoms with van der Waals surface area (Å²) in [6.45, 7) is 1.90. The quantitative estimate of drug-likeness (QED) is 0.102. The summed E-state index contributed by atoms with van der Waals surface area (Å²) in [5.41, 5.74) is 13.1. The van der Waals surface area contributed by atoms with Crippen LogP contribution in [-0.4, -0.2) is 53.1 Å². The largest absolute Gasteiger partial charge is 0.573 e. The number of aromatic nitrogens is 1. The van der Waals surface area contributed by atoms with E-state index < -0.39 is 24.3 Å². The molecule has 3 atom stereocenters. The number of ether oxygens (including phenoxy) is 1. The Morgan fingerprint density at radius 3 is 2.57 bits per heavy atom. The smallest absolute Gasteiger partial charge is 0.403 e. The van der Waals surface area contributed by atoms with Crippen LogP contribution in [0, 0.1) is 11.2 Å². The Labute approximate surface area is 238 Å². The SMILES string of the molecule is C[C@H](N)CCCc1cc(OC(F)(F)F)c(F)c(-c2cc3c([nH]2)=NC(O)N(c2ccc(C(CO)CNC(=N)N)cc2)C=3)c1. The minimum absolute atomic E-state index is 0.0893. The number of aliphatic hydroxyl groups excluding tert-OH is 2. The number of H-pyrrole nitrogens is 1. The van der Waals surface area contributed by atoms with Gasteiger partial charge in [0, 0.05) is 41.2 Å². The maximum absolute atomic E-state index is 15.3. The molecule has 42 heavy (non-hydrogen) atoms. The summed E-state index contributed by atoms with van der Waals surface area (Å²) < 4.78 is 58.4. The van der Waals surface area contributed by atoms with Crippen LogP contribution >= 0.6 is 0 Å². The van der Waals surface area contributed by atoms with Gasteiger partial charge in [-0.25, -0.2) is 9.38 Å². The normalized spacial score (nSPS) is 16.2. The number of hydrogen-bond donors (Lipinski definition) is 7. The van der Waals surface area contributed by atoms with E-state index in [1.165, 1.54) is 17.0 Å². The number of nitrogens with two attached hydrogens (primary N) is 2. The highest BCUT2D eigenvalue weighted by Crippen LogP contribution is 2.34. The average molecular weight is 592 g/mol. The topological polar surface area (TPSA) is 169 Å². The molecule has 0 radical (unpaired) electrons. The fourth-order valence-electron chi connectivity index (χ4n) is 4.67. The van der Waals surface area contributed by atoms with Gasteiger partial charge >= 0.3 is 6.36 Å². The number of aryl methyl sites for hydroxylation is 1. The van der Waals surface area contributed by atoms with E-state index in [9.17, 15) is 23.4 Å². The lowest BCUT2D eigenvalue weighted by Gasteiger charge is -2.25. The molecule has 10 nitrogen and oxygen atoms in total. The van der Waals surface area contributed by atoms with E-state index in [0.29, 0.717) is 35.7 Å². The number of halogens is 4. The maximum Gasteiger partial charge on any atom is 0.573 e. The molecule has 1 aliphatic rings. The highest BCUT2D eigenvalue weighted by Gasteiger charge is 2.33. The molecular weight excluding hydrogens is 558 g/mol. The summed E-state index contributed by atoms with van der Waals surface area (Å²) >= 11 is 0. The van der Waals surface area contributed by atoms with Crippen molar-refractivity contribution in [2.45, 2.75) is 50.9 Å². The zero-order chi connectivity index (χ0) is 30.6.